The van der Waals surface area contributed by atoms with Crippen LogP contribution < -0.4 is 22.7 Å². The zero-order valence-electron chi connectivity index (χ0n) is 20.3. The monoisotopic (exact) mass is 561 g/mol. The predicted molar refractivity (Wildman–Crippen MR) is 126 cm³/mol. The summed E-state index contributed by atoms with van der Waals surface area (Å²) in [6.07, 6.45) is -5.63. The van der Waals surface area contributed by atoms with Gasteiger partial charge in [-0.25, -0.2) is 14.2 Å². The second-order valence-electron chi connectivity index (χ2n) is 8.74. The van der Waals surface area contributed by atoms with Crippen molar-refractivity contribution in [3.8, 4) is 0 Å². The van der Waals surface area contributed by atoms with Crippen LogP contribution in [0, 0.1) is 6.92 Å². The summed E-state index contributed by atoms with van der Waals surface area (Å²) in [5, 5.41) is 20.1. The Bertz CT molecular complexity index is 1380. The van der Waals surface area contributed by atoms with Crippen molar-refractivity contribution in [1.29, 1.82) is 0 Å². The van der Waals surface area contributed by atoms with Crippen LogP contribution in [0.2, 0.25) is 0 Å². The minimum atomic E-state index is -4.88. The molecule has 210 valence electrons. The molecule has 2 aliphatic rings. The predicted octanol–water partition coefficient (Wildman–Crippen LogP) is -2.26. The van der Waals surface area contributed by atoms with Crippen molar-refractivity contribution in [2.24, 2.45) is 0 Å². The molecule has 4 rings (SSSR count). The number of H-pyrrole nitrogens is 1. The molecule has 38 heavy (non-hydrogen) atoms. The van der Waals surface area contributed by atoms with Gasteiger partial charge >= 0.3 is 19.2 Å². The number of aromatic nitrogens is 4. The van der Waals surface area contributed by atoms with Crippen LogP contribution in [-0.4, -0.2) is 85.1 Å². The summed E-state index contributed by atoms with van der Waals surface area (Å²) >= 11 is 0. The van der Waals surface area contributed by atoms with Crippen molar-refractivity contribution >= 4 is 13.6 Å². The van der Waals surface area contributed by atoms with Crippen LogP contribution in [0.4, 0.5) is 5.82 Å². The highest BCUT2D eigenvalue weighted by molar-refractivity contribution is 7.47. The summed E-state index contributed by atoms with van der Waals surface area (Å²) in [6, 6.07) is 1.34. The highest BCUT2D eigenvalue weighted by Crippen LogP contribution is 2.49. The fraction of sp³-hybridized carbons (Fsp3) is 0.600. The average Bonchev–Trinajstić information content (AvgIpc) is 3.39. The zero-order chi connectivity index (χ0) is 27.8. The number of hydrogen-bond acceptors (Lipinski definition) is 13. The maximum absolute atomic E-state index is 12.8. The van der Waals surface area contributed by atoms with Gasteiger partial charge in [0.1, 0.15) is 36.5 Å². The van der Waals surface area contributed by atoms with E-state index in [0.717, 1.165) is 9.13 Å². The van der Waals surface area contributed by atoms with Crippen molar-refractivity contribution in [3.05, 3.63) is 55.3 Å². The molecule has 0 amide bonds. The number of methoxy groups -OCH3 is 1. The highest BCUT2D eigenvalue weighted by Gasteiger charge is 2.50. The lowest BCUT2D eigenvalue weighted by Crippen LogP contribution is -2.39. The summed E-state index contributed by atoms with van der Waals surface area (Å²) < 4.78 is 41.8. The van der Waals surface area contributed by atoms with Crippen LogP contribution in [0.5, 0.6) is 0 Å². The molecule has 18 heteroatoms. The second-order valence-corrected chi connectivity index (χ2v) is 10.1. The lowest BCUT2D eigenvalue weighted by molar-refractivity contribution is -0.0624. The molecule has 6 N–H and O–H groups in total. The van der Waals surface area contributed by atoms with E-state index in [1.54, 1.807) is 0 Å². The van der Waals surface area contributed by atoms with Gasteiger partial charge in [-0.2, -0.15) is 4.98 Å². The standard InChI is InChI=1S/C20H28N5O12P/c1-9-6-25(20(30)23-17(9)28)14-5-10(27)12(35-14)8-34-38(31,32)37-15-11(7-26)36-18(16(15)33-2)24-4-3-13(21)22-19(24)29/h3-4,6,10-12,14-16,18,26-27H,5,7-8H2,1-2H3,(H,31,32)(H2,21,22,29)(H,23,28,30)/t10-,11+,12+,14+,15+,16+,18+/m0/s1. The number of aliphatic hydroxyl groups is 2. The van der Waals surface area contributed by atoms with Crippen molar-refractivity contribution in [2.45, 2.75) is 56.3 Å². The third-order valence-corrected chi connectivity index (χ3v) is 7.17. The molecule has 0 spiro atoms. The molecule has 17 nitrogen and oxygen atoms in total. The SMILES string of the molecule is CO[C@@H]1[C@H](OP(=O)(O)OC[C@H]2O[C@@H](n3cc(C)c(=O)[nH]c3=O)C[C@@H]2O)[C@@H](CO)O[C@H]1n1ccc(N)nc1=O. The molecule has 2 aromatic heterocycles. The van der Waals surface area contributed by atoms with Gasteiger partial charge in [0.2, 0.25) is 0 Å². The van der Waals surface area contributed by atoms with Crippen LogP contribution in [-0.2, 0) is 27.8 Å². The van der Waals surface area contributed by atoms with Gasteiger partial charge in [0, 0.05) is 31.5 Å². The lowest BCUT2D eigenvalue weighted by Gasteiger charge is -2.25. The fourth-order valence-electron chi connectivity index (χ4n) is 4.26. The van der Waals surface area contributed by atoms with E-state index in [0.29, 0.717) is 0 Å². The van der Waals surface area contributed by atoms with Crippen LogP contribution in [0.25, 0.3) is 0 Å². The quantitative estimate of drug-likeness (QED) is 0.203. The number of nitrogens with one attached hydrogen (secondary N) is 1. The Labute approximate surface area is 213 Å². The summed E-state index contributed by atoms with van der Waals surface area (Å²) in [5.74, 6) is -0.0305. The van der Waals surface area contributed by atoms with Gasteiger partial charge in [-0.3, -0.25) is 28.0 Å². The van der Waals surface area contributed by atoms with Gasteiger partial charge in [0.05, 0.1) is 19.3 Å². The van der Waals surface area contributed by atoms with Gasteiger partial charge in [0.15, 0.2) is 6.23 Å². The Hall–Kier alpha value is -2.73. The number of phosphoric ester groups is 1. The number of anilines is 1. The molecule has 2 aliphatic heterocycles. The first-order valence-electron chi connectivity index (χ1n) is 11.4. The Kier molecular flexibility index (Phi) is 8.32. The molecule has 2 aromatic rings. The molecule has 0 radical (unpaired) electrons. The third-order valence-electron chi connectivity index (χ3n) is 6.18. The number of hydrogen-bond donors (Lipinski definition) is 5. The van der Waals surface area contributed by atoms with E-state index in [-0.39, 0.29) is 17.8 Å². The lowest BCUT2D eigenvalue weighted by atomic mass is 10.1. The highest BCUT2D eigenvalue weighted by atomic mass is 31.2. The molecule has 0 bridgehead atoms. The number of phosphoric acid groups is 1. The molecule has 2 fully saturated rings. The maximum atomic E-state index is 12.8. The van der Waals surface area contributed by atoms with Gasteiger partial charge in [-0.15, -0.1) is 0 Å². The molecule has 0 saturated carbocycles. The van der Waals surface area contributed by atoms with E-state index in [1.807, 2.05) is 0 Å². The van der Waals surface area contributed by atoms with E-state index in [2.05, 4.69) is 9.97 Å². The molecule has 1 unspecified atom stereocenters. The minimum absolute atomic E-state index is 0.0305. The van der Waals surface area contributed by atoms with Gasteiger partial charge in [-0.1, -0.05) is 0 Å². The average molecular weight is 561 g/mol. The normalized spacial score (nSPS) is 30.9. The maximum Gasteiger partial charge on any atom is 0.472 e. The molecule has 0 aliphatic carbocycles. The van der Waals surface area contributed by atoms with E-state index in [1.165, 1.54) is 32.5 Å². The number of nitrogens with zero attached hydrogens (tertiary/aromatic N) is 3. The Morgan fingerprint density at radius 3 is 2.63 bits per heavy atom. The molecule has 2 saturated heterocycles. The van der Waals surface area contributed by atoms with E-state index < -0.39 is 81.0 Å². The Morgan fingerprint density at radius 2 is 1.97 bits per heavy atom. The molecular weight excluding hydrogens is 533 g/mol. The summed E-state index contributed by atoms with van der Waals surface area (Å²) in [7, 11) is -3.63. The molecule has 8 atom stereocenters. The van der Waals surface area contributed by atoms with Gasteiger partial charge in [0.25, 0.3) is 5.56 Å². The number of aryl methyl sites for hydroxylation is 1. The van der Waals surface area contributed by atoms with Crippen molar-refractivity contribution < 1.29 is 42.9 Å². The van der Waals surface area contributed by atoms with Crippen LogP contribution in [0.3, 0.4) is 0 Å². The number of ether oxygens (including phenoxy) is 3. The molecule has 4 heterocycles. The number of aromatic amines is 1. The van der Waals surface area contributed by atoms with E-state index in [4.69, 9.17) is 29.0 Å². The Balaban J connectivity index is 1.44. The second kappa shape index (κ2) is 11.2. The zero-order valence-corrected chi connectivity index (χ0v) is 21.2. The largest absolute Gasteiger partial charge is 0.472 e. The summed E-state index contributed by atoms with van der Waals surface area (Å²) in [5.41, 5.74) is 3.66. The van der Waals surface area contributed by atoms with Crippen LogP contribution in [0.1, 0.15) is 24.4 Å². The summed E-state index contributed by atoms with van der Waals surface area (Å²) in [6.45, 7) is 0.227. The number of aliphatic hydroxyl groups excluding tert-OH is 2. The fourth-order valence-corrected chi connectivity index (χ4v) is 5.22. The Morgan fingerprint density at radius 1 is 1.24 bits per heavy atom. The number of nitrogen functional groups attached to an aromatic ring is 1. The first kappa shape index (κ1) is 28.3. The first-order chi connectivity index (χ1) is 17.9. The first-order valence-corrected chi connectivity index (χ1v) is 12.9. The van der Waals surface area contributed by atoms with Gasteiger partial charge < -0.3 is 35.1 Å². The van der Waals surface area contributed by atoms with Crippen LogP contribution in [0.15, 0.2) is 32.8 Å². The topological polar surface area (TPSA) is 240 Å². The van der Waals surface area contributed by atoms with E-state index in [9.17, 15) is 34.1 Å². The van der Waals surface area contributed by atoms with E-state index >= 15 is 0 Å². The van der Waals surface area contributed by atoms with Crippen molar-refractivity contribution in [3.63, 3.8) is 0 Å². The third kappa shape index (κ3) is 5.80. The molecular formula is C20H28N5O12P. The van der Waals surface area contributed by atoms with Crippen molar-refractivity contribution in [2.75, 3.05) is 26.1 Å². The molecule has 0 aromatic carbocycles. The smallest absolute Gasteiger partial charge is 0.394 e. The minimum Gasteiger partial charge on any atom is -0.394 e. The van der Waals surface area contributed by atoms with Crippen LogP contribution >= 0.6 is 7.82 Å². The van der Waals surface area contributed by atoms with Gasteiger partial charge in [-0.05, 0) is 13.0 Å². The number of nitrogens with two attached hydrogens (primary N) is 1. The van der Waals surface area contributed by atoms with Crippen molar-refractivity contribution in [1.82, 2.24) is 19.1 Å². The number of rotatable bonds is 9. The summed E-state index contributed by atoms with van der Waals surface area (Å²) in [4.78, 5) is 52.1.